The highest BCUT2D eigenvalue weighted by Gasteiger charge is 2.51. The van der Waals surface area contributed by atoms with E-state index in [1.165, 1.54) is 6.92 Å². The number of rotatable bonds is 6. The van der Waals surface area contributed by atoms with Crippen LogP contribution < -0.4 is 4.74 Å². The first-order chi connectivity index (χ1) is 12.4. The minimum Gasteiger partial charge on any atom is -0.469 e. The monoisotopic (exact) mass is 356 g/mol. The van der Waals surface area contributed by atoms with Crippen LogP contribution in [-0.4, -0.2) is 24.1 Å². The van der Waals surface area contributed by atoms with Crippen molar-refractivity contribution in [2.75, 3.05) is 6.79 Å². The van der Waals surface area contributed by atoms with Crippen LogP contribution in [0.25, 0.3) is 0 Å². The largest absolute Gasteiger partial charge is 0.469 e. The number of hydrogen-bond donors (Lipinski definition) is 0. The average molecular weight is 356 g/mol. The van der Waals surface area contributed by atoms with E-state index in [4.69, 9.17) is 14.2 Å². The number of carbonyl (C=O) groups excluding carboxylic acids is 2. The number of hydrogen-bond acceptors (Lipinski definition) is 5. The van der Waals surface area contributed by atoms with Crippen molar-refractivity contribution in [2.45, 2.75) is 38.7 Å². The molecule has 1 heterocycles. The van der Waals surface area contributed by atoms with E-state index in [2.05, 4.69) is 13.5 Å². The van der Waals surface area contributed by atoms with E-state index in [1.54, 1.807) is 24.3 Å². The molecule has 0 aromatic heterocycles. The minimum atomic E-state index is -0.573. The molecule has 26 heavy (non-hydrogen) atoms. The lowest BCUT2D eigenvalue weighted by atomic mass is 9.71. The molecule has 0 radical (unpaired) electrons. The Balaban J connectivity index is 1.78. The molecule has 0 saturated carbocycles. The van der Waals surface area contributed by atoms with Crippen molar-refractivity contribution < 1.29 is 23.8 Å². The van der Waals surface area contributed by atoms with Crippen LogP contribution in [0.1, 0.15) is 32.3 Å². The summed E-state index contributed by atoms with van der Waals surface area (Å²) in [6, 6.07) is 7.46. The molecule has 3 rings (SSSR count). The van der Waals surface area contributed by atoms with Crippen LogP contribution in [0.5, 0.6) is 5.75 Å². The number of benzene rings is 1. The predicted octanol–water partition coefficient (Wildman–Crippen LogP) is 3.58. The van der Waals surface area contributed by atoms with Crippen LogP contribution in [-0.2, 0) is 25.5 Å². The topological polar surface area (TPSA) is 61.8 Å². The summed E-state index contributed by atoms with van der Waals surface area (Å²) in [5, 5.41) is 0. The van der Waals surface area contributed by atoms with Crippen LogP contribution in [0.2, 0.25) is 0 Å². The number of allylic oxidation sites excluding steroid dienone is 2. The molecule has 0 spiro atoms. The van der Waals surface area contributed by atoms with E-state index >= 15 is 0 Å². The second kappa shape index (κ2) is 7.46. The Labute approximate surface area is 153 Å². The summed E-state index contributed by atoms with van der Waals surface area (Å²) in [5.41, 5.74) is 0.533. The molecule has 1 aliphatic carbocycles. The van der Waals surface area contributed by atoms with E-state index in [0.717, 1.165) is 12.0 Å². The highest BCUT2D eigenvalue weighted by molar-refractivity contribution is 5.93. The fourth-order valence-corrected chi connectivity index (χ4v) is 3.79. The summed E-state index contributed by atoms with van der Waals surface area (Å²) in [5.74, 6) is 0.924. The molecule has 0 N–H and O–H groups in total. The van der Waals surface area contributed by atoms with Gasteiger partial charge in [0.05, 0.1) is 0 Å². The fraction of sp³-hybridized carbons (Fsp3) is 0.429. The smallest absolute Gasteiger partial charge is 0.308 e. The van der Waals surface area contributed by atoms with Gasteiger partial charge in [0.2, 0.25) is 0 Å². The van der Waals surface area contributed by atoms with Gasteiger partial charge < -0.3 is 14.2 Å². The van der Waals surface area contributed by atoms with Crippen LogP contribution in [0.15, 0.2) is 48.8 Å². The quantitative estimate of drug-likeness (QED) is 0.443. The maximum Gasteiger partial charge on any atom is 0.308 e. The van der Waals surface area contributed by atoms with Crippen molar-refractivity contribution in [1.29, 1.82) is 0 Å². The predicted molar refractivity (Wildman–Crippen MR) is 96.4 cm³/mol. The summed E-state index contributed by atoms with van der Waals surface area (Å²) < 4.78 is 16.7. The fourth-order valence-electron chi connectivity index (χ4n) is 3.79. The number of carbonyl (C=O) groups is 2. The Morgan fingerprint density at radius 1 is 1.42 bits per heavy atom. The highest BCUT2D eigenvalue weighted by Crippen LogP contribution is 2.46. The van der Waals surface area contributed by atoms with Gasteiger partial charge in [0.1, 0.15) is 17.1 Å². The van der Waals surface area contributed by atoms with E-state index in [1.807, 2.05) is 12.1 Å². The van der Waals surface area contributed by atoms with E-state index < -0.39 is 5.60 Å². The van der Waals surface area contributed by atoms with Crippen LogP contribution >= 0.6 is 0 Å². The van der Waals surface area contributed by atoms with Gasteiger partial charge in [0.25, 0.3) is 0 Å². The molecule has 0 amide bonds. The number of fused-ring (bicyclic) bond motifs is 1. The van der Waals surface area contributed by atoms with Gasteiger partial charge in [-0.15, -0.1) is 6.58 Å². The summed E-state index contributed by atoms with van der Waals surface area (Å²) in [4.78, 5) is 23.3. The molecule has 1 fully saturated rings. The summed E-state index contributed by atoms with van der Waals surface area (Å²) in [6.45, 7) is 7.43. The maximum atomic E-state index is 12.3. The van der Waals surface area contributed by atoms with Crippen molar-refractivity contribution in [3.63, 3.8) is 0 Å². The van der Waals surface area contributed by atoms with Crippen molar-refractivity contribution in [1.82, 2.24) is 0 Å². The molecule has 1 aromatic rings. The second-order valence-electron chi connectivity index (χ2n) is 6.98. The van der Waals surface area contributed by atoms with Gasteiger partial charge in [0.15, 0.2) is 12.6 Å². The molecular weight excluding hydrogens is 332 g/mol. The van der Waals surface area contributed by atoms with E-state index in [9.17, 15) is 9.59 Å². The third-order valence-electron chi connectivity index (χ3n) is 5.15. The first kappa shape index (κ1) is 18.4. The SMILES string of the molecule is C=CC[C@H]1C[C@]2([C@@H](C)Cc3ccc(OC(C)=O)cc3)OCOC2=CC1=O. The first-order valence-electron chi connectivity index (χ1n) is 8.85. The van der Waals surface area contributed by atoms with Crippen molar-refractivity contribution >= 4 is 11.8 Å². The van der Waals surface area contributed by atoms with Crippen LogP contribution in [0, 0.1) is 11.8 Å². The van der Waals surface area contributed by atoms with Crippen molar-refractivity contribution in [2.24, 2.45) is 11.8 Å². The standard InChI is InChI=1S/C21H24O5/c1-4-5-17-12-21(20(11-19(17)23)24-13-25-21)14(2)10-16-6-8-18(9-7-16)26-15(3)22/h4,6-9,11,14,17H,1,5,10,12-13H2,2-3H3/t14-,17-,21+/m0/s1. The molecule has 0 unspecified atom stereocenters. The van der Waals surface area contributed by atoms with Crippen molar-refractivity contribution in [3.8, 4) is 5.75 Å². The van der Waals surface area contributed by atoms with Gasteiger partial charge in [-0.25, -0.2) is 0 Å². The molecule has 1 saturated heterocycles. The van der Waals surface area contributed by atoms with Gasteiger partial charge in [0, 0.05) is 18.9 Å². The van der Waals surface area contributed by atoms with Gasteiger partial charge in [-0.05, 0) is 42.9 Å². The average Bonchev–Trinajstić information content (AvgIpc) is 3.00. The summed E-state index contributed by atoms with van der Waals surface area (Å²) in [6.07, 6.45) is 5.39. The Morgan fingerprint density at radius 3 is 2.81 bits per heavy atom. The van der Waals surface area contributed by atoms with E-state index in [-0.39, 0.29) is 30.4 Å². The molecule has 1 aliphatic heterocycles. The molecule has 138 valence electrons. The van der Waals surface area contributed by atoms with Crippen molar-refractivity contribution in [3.05, 3.63) is 54.3 Å². The Morgan fingerprint density at radius 2 is 2.15 bits per heavy atom. The first-order valence-corrected chi connectivity index (χ1v) is 8.85. The normalized spacial score (nSPS) is 25.7. The number of esters is 1. The van der Waals surface area contributed by atoms with Crippen LogP contribution in [0.3, 0.4) is 0 Å². The van der Waals surface area contributed by atoms with Gasteiger partial charge in [-0.2, -0.15) is 0 Å². The maximum absolute atomic E-state index is 12.3. The lowest BCUT2D eigenvalue weighted by Crippen LogP contribution is -2.44. The minimum absolute atomic E-state index is 0.0824. The van der Waals surface area contributed by atoms with Gasteiger partial charge in [-0.3, -0.25) is 9.59 Å². The molecule has 5 nitrogen and oxygen atoms in total. The molecule has 5 heteroatoms. The van der Waals surface area contributed by atoms with Crippen LogP contribution in [0.4, 0.5) is 0 Å². The Kier molecular flexibility index (Phi) is 5.28. The third-order valence-corrected chi connectivity index (χ3v) is 5.15. The zero-order valence-corrected chi connectivity index (χ0v) is 15.2. The zero-order valence-electron chi connectivity index (χ0n) is 15.2. The number of ketones is 1. The molecule has 1 aromatic carbocycles. The second-order valence-corrected chi connectivity index (χ2v) is 6.98. The number of ether oxygens (including phenoxy) is 3. The van der Waals surface area contributed by atoms with E-state index in [0.29, 0.717) is 24.4 Å². The molecule has 3 atom stereocenters. The lowest BCUT2D eigenvalue weighted by molar-refractivity contribution is -0.131. The zero-order chi connectivity index (χ0) is 18.7. The molecule has 0 bridgehead atoms. The Bertz CT molecular complexity index is 733. The Hall–Kier alpha value is -2.40. The molecular formula is C21H24O5. The highest BCUT2D eigenvalue weighted by atomic mass is 16.7. The summed E-state index contributed by atoms with van der Waals surface area (Å²) in [7, 11) is 0. The van der Waals surface area contributed by atoms with Gasteiger partial charge in [-0.1, -0.05) is 25.1 Å². The summed E-state index contributed by atoms with van der Waals surface area (Å²) >= 11 is 0. The third kappa shape index (κ3) is 3.58. The lowest BCUT2D eigenvalue weighted by Gasteiger charge is -2.38. The molecule has 2 aliphatic rings. The van der Waals surface area contributed by atoms with Gasteiger partial charge >= 0.3 is 5.97 Å².